The predicted octanol–water partition coefficient (Wildman–Crippen LogP) is 7.36. The summed E-state index contributed by atoms with van der Waals surface area (Å²) >= 11 is 1.82. The highest BCUT2D eigenvalue weighted by molar-refractivity contribution is 7.15. The molecule has 2 aromatic heterocycles. The van der Waals surface area contributed by atoms with Gasteiger partial charge in [0.2, 0.25) is 5.89 Å². The van der Waals surface area contributed by atoms with Crippen LogP contribution < -0.4 is 0 Å². The van der Waals surface area contributed by atoms with Crippen molar-refractivity contribution >= 4 is 22.4 Å². The fourth-order valence-electron chi connectivity index (χ4n) is 6.34. The van der Waals surface area contributed by atoms with Crippen LogP contribution in [0.15, 0.2) is 52.9 Å². The number of fused-ring (bicyclic) bond motifs is 2. The molecule has 5 aromatic rings. The van der Waals surface area contributed by atoms with E-state index < -0.39 is 0 Å². The summed E-state index contributed by atoms with van der Waals surface area (Å²) in [7, 11) is 2.18. The standard InChI is InChI=1S/C34H33N5OS/c1-21-25(26-9-7-11-28(22(26)2)34-37-29-12-15-38(3)20-31(29)41-34)8-6-10-27(21)33-36-30-17-23(19-39-13-4-5-14-39)16-24(18-35)32(30)40-33/h6-11,16-17H,4-5,12-15,19-20H2,1-3H3. The van der Waals surface area contributed by atoms with Crippen LogP contribution in [0.2, 0.25) is 0 Å². The van der Waals surface area contributed by atoms with Gasteiger partial charge in [-0.3, -0.25) is 4.90 Å². The van der Waals surface area contributed by atoms with Gasteiger partial charge in [-0.05, 0) is 92.8 Å². The fourth-order valence-corrected chi connectivity index (χ4v) is 7.61. The molecule has 0 aliphatic carbocycles. The Bertz CT molecular complexity index is 1820. The van der Waals surface area contributed by atoms with E-state index in [1.165, 1.54) is 40.1 Å². The number of oxazole rings is 1. The Kier molecular flexibility index (Phi) is 6.70. The quantitative estimate of drug-likeness (QED) is 0.224. The SMILES string of the molecule is Cc1c(-c2nc3cc(CN4CCCC4)cc(C#N)c3o2)cccc1-c1cccc(-c2nc3c(s2)CN(C)CC3)c1C. The second-order valence-electron chi connectivity index (χ2n) is 11.4. The van der Waals surface area contributed by atoms with Crippen LogP contribution in [0.3, 0.4) is 0 Å². The van der Waals surface area contributed by atoms with Gasteiger partial charge in [-0.25, -0.2) is 9.97 Å². The number of nitrogens with zero attached hydrogens (tertiary/aromatic N) is 5. The molecule has 0 unspecified atom stereocenters. The van der Waals surface area contributed by atoms with Crippen LogP contribution in [0.25, 0.3) is 44.3 Å². The first kappa shape index (κ1) is 26.1. The van der Waals surface area contributed by atoms with E-state index in [-0.39, 0.29) is 0 Å². The van der Waals surface area contributed by atoms with Crippen molar-refractivity contribution in [2.45, 2.75) is 46.2 Å². The summed E-state index contributed by atoms with van der Waals surface area (Å²) < 4.78 is 6.29. The van der Waals surface area contributed by atoms with E-state index in [0.29, 0.717) is 17.0 Å². The van der Waals surface area contributed by atoms with Gasteiger partial charge < -0.3 is 9.32 Å². The van der Waals surface area contributed by atoms with Gasteiger partial charge in [0.25, 0.3) is 0 Å². The number of benzene rings is 3. The molecule has 0 radical (unpaired) electrons. The largest absolute Gasteiger partial charge is 0.435 e. The van der Waals surface area contributed by atoms with Crippen LogP contribution in [-0.4, -0.2) is 46.4 Å². The third-order valence-electron chi connectivity index (χ3n) is 8.62. The van der Waals surface area contributed by atoms with Gasteiger partial charge in [-0.2, -0.15) is 5.26 Å². The molecule has 7 rings (SSSR count). The summed E-state index contributed by atoms with van der Waals surface area (Å²) in [6, 6.07) is 19.2. The van der Waals surface area contributed by atoms with Crippen LogP contribution in [0, 0.1) is 25.2 Å². The molecule has 0 bridgehead atoms. The number of likely N-dealkylation sites (tertiary alicyclic amines) is 1. The van der Waals surface area contributed by atoms with Crippen molar-refractivity contribution in [2.75, 3.05) is 26.7 Å². The molecule has 0 N–H and O–H groups in total. The van der Waals surface area contributed by atoms with Crippen molar-refractivity contribution in [3.63, 3.8) is 0 Å². The Morgan fingerprint density at radius 1 is 0.927 bits per heavy atom. The summed E-state index contributed by atoms with van der Waals surface area (Å²) in [6.45, 7) is 9.43. The molecule has 4 heterocycles. The molecule has 41 heavy (non-hydrogen) atoms. The van der Waals surface area contributed by atoms with E-state index in [2.05, 4.69) is 79.2 Å². The van der Waals surface area contributed by atoms with E-state index in [1.807, 2.05) is 17.4 Å². The molecular formula is C34H33N5OS. The molecule has 2 aliphatic heterocycles. The lowest BCUT2D eigenvalue weighted by Crippen LogP contribution is -2.25. The van der Waals surface area contributed by atoms with Crippen LogP contribution >= 0.6 is 11.3 Å². The average molecular weight is 560 g/mol. The lowest BCUT2D eigenvalue weighted by molar-refractivity contribution is 0.314. The molecule has 1 saturated heterocycles. The van der Waals surface area contributed by atoms with E-state index in [0.717, 1.165) is 71.9 Å². The maximum Gasteiger partial charge on any atom is 0.227 e. The molecule has 0 amide bonds. The average Bonchev–Trinajstić information content (AvgIpc) is 3.73. The lowest BCUT2D eigenvalue weighted by atomic mass is 9.91. The van der Waals surface area contributed by atoms with Crippen molar-refractivity contribution < 1.29 is 4.42 Å². The summed E-state index contributed by atoms with van der Waals surface area (Å²) in [5.74, 6) is 0.555. The van der Waals surface area contributed by atoms with Crippen molar-refractivity contribution in [3.8, 4) is 39.2 Å². The minimum Gasteiger partial charge on any atom is -0.435 e. The third kappa shape index (κ3) is 4.76. The fraction of sp³-hybridized carbons (Fsp3) is 0.324. The number of likely N-dealkylation sites (N-methyl/N-ethyl adjacent to an activating group) is 1. The van der Waals surface area contributed by atoms with Crippen LogP contribution in [-0.2, 0) is 19.5 Å². The first-order valence-corrected chi connectivity index (χ1v) is 15.2. The number of hydrogen-bond acceptors (Lipinski definition) is 7. The molecular weight excluding hydrogens is 526 g/mol. The van der Waals surface area contributed by atoms with Crippen molar-refractivity contribution in [1.82, 2.24) is 19.8 Å². The second-order valence-corrected chi connectivity index (χ2v) is 12.5. The van der Waals surface area contributed by atoms with Crippen LogP contribution in [0.4, 0.5) is 0 Å². The molecule has 0 spiro atoms. The van der Waals surface area contributed by atoms with Crippen molar-refractivity contribution in [3.05, 3.63) is 81.4 Å². The van der Waals surface area contributed by atoms with Crippen LogP contribution in [0.5, 0.6) is 0 Å². The normalized spacial score (nSPS) is 15.9. The van der Waals surface area contributed by atoms with Crippen molar-refractivity contribution in [1.29, 1.82) is 5.26 Å². The molecule has 0 atom stereocenters. The van der Waals surface area contributed by atoms with Gasteiger partial charge in [0.15, 0.2) is 5.58 Å². The van der Waals surface area contributed by atoms with Gasteiger partial charge in [0.05, 0.1) is 11.3 Å². The summed E-state index contributed by atoms with van der Waals surface area (Å²) in [4.78, 5) is 16.1. The minimum atomic E-state index is 0.546. The molecule has 206 valence electrons. The molecule has 3 aromatic carbocycles. The molecule has 6 nitrogen and oxygen atoms in total. The summed E-state index contributed by atoms with van der Waals surface area (Å²) in [5, 5.41) is 11.0. The molecule has 7 heteroatoms. The molecule has 0 saturated carbocycles. The zero-order valence-corrected chi connectivity index (χ0v) is 24.6. The Hall–Kier alpha value is -3.83. The van der Waals surface area contributed by atoms with Gasteiger partial charge >= 0.3 is 0 Å². The molecule has 1 fully saturated rings. The van der Waals surface area contributed by atoms with Gasteiger partial charge in [-0.15, -0.1) is 11.3 Å². The Labute approximate surface area is 244 Å². The van der Waals surface area contributed by atoms with Crippen molar-refractivity contribution in [2.24, 2.45) is 0 Å². The van der Waals surface area contributed by atoms with Crippen LogP contribution in [0.1, 0.15) is 45.7 Å². The smallest absolute Gasteiger partial charge is 0.227 e. The first-order chi connectivity index (χ1) is 20.0. The second kappa shape index (κ2) is 10.5. The van der Waals surface area contributed by atoms with Gasteiger partial charge in [-0.1, -0.05) is 30.3 Å². The highest BCUT2D eigenvalue weighted by Crippen LogP contribution is 2.39. The number of nitriles is 1. The first-order valence-electron chi connectivity index (χ1n) is 14.4. The van der Waals surface area contributed by atoms with E-state index in [4.69, 9.17) is 14.4 Å². The number of rotatable bonds is 5. The Balaban J connectivity index is 1.26. The Morgan fingerprint density at radius 3 is 2.39 bits per heavy atom. The predicted molar refractivity (Wildman–Crippen MR) is 165 cm³/mol. The third-order valence-corrected chi connectivity index (χ3v) is 9.73. The molecule has 2 aliphatic rings. The Morgan fingerprint density at radius 2 is 1.63 bits per heavy atom. The summed E-state index contributed by atoms with van der Waals surface area (Å²) in [6.07, 6.45) is 3.49. The zero-order chi connectivity index (χ0) is 28.1. The summed E-state index contributed by atoms with van der Waals surface area (Å²) in [5.41, 5.74) is 11.0. The number of hydrogen-bond donors (Lipinski definition) is 0. The minimum absolute atomic E-state index is 0.546. The number of aromatic nitrogens is 2. The highest BCUT2D eigenvalue weighted by atomic mass is 32.1. The van der Waals surface area contributed by atoms with E-state index in [1.54, 1.807) is 0 Å². The highest BCUT2D eigenvalue weighted by Gasteiger charge is 2.22. The van der Waals surface area contributed by atoms with E-state index in [9.17, 15) is 5.26 Å². The lowest BCUT2D eigenvalue weighted by Gasteiger charge is -2.20. The van der Waals surface area contributed by atoms with Gasteiger partial charge in [0.1, 0.15) is 16.6 Å². The zero-order valence-electron chi connectivity index (χ0n) is 23.8. The maximum atomic E-state index is 9.91. The topological polar surface area (TPSA) is 69.2 Å². The monoisotopic (exact) mass is 559 g/mol. The number of thiazole rings is 1. The maximum absolute atomic E-state index is 9.91. The van der Waals surface area contributed by atoms with Gasteiger partial charge in [0, 0.05) is 42.1 Å². The van der Waals surface area contributed by atoms with E-state index >= 15 is 0 Å².